The number of fused-ring (bicyclic) bond motifs is 1. The van der Waals surface area contributed by atoms with E-state index in [1.165, 1.54) is 11.1 Å². The number of halogens is 2. The summed E-state index contributed by atoms with van der Waals surface area (Å²) in [6, 6.07) is 9.77. The standard InChI is InChI=1S/C19H15Cl2N5O3/c1-10-2-5-12(6-3-10)26-18(28)16-17(19(26)29)25(24-23-16)9-15(27)22-14-7-4-11(20)8-13(14)21/h2-8,16-17H,9H2,1H3,(H,22,27)/t16-,17-/m1/s1. The lowest BCUT2D eigenvalue weighted by Gasteiger charge is -2.20. The molecule has 1 saturated heterocycles. The molecule has 0 spiro atoms. The number of amides is 3. The zero-order valence-electron chi connectivity index (χ0n) is 15.2. The number of nitrogens with one attached hydrogen (secondary N) is 1. The van der Waals surface area contributed by atoms with Crippen LogP contribution in [0.25, 0.3) is 0 Å². The van der Waals surface area contributed by atoms with Crippen LogP contribution in [0.2, 0.25) is 10.0 Å². The van der Waals surface area contributed by atoms with Gasteiger partial charge in [-0.1, -0.05) is 46.1 Å². The molecule has 1 N–H and O–H groups in total. The van der Waals surface area contributed by atoms with Gasteiger partial charge in [0.2, 0.25) is 5.91 Å². The molecule has 148 valence electrons. The lowest BCUT2D eigenvalue weighted by atomic mass is 10.1. The molecule has 0 bridgehead atoms. The predicted octanol–water partition coefficient (Wildman–Crippen LogP) is 3.23. The molecular weight excluding hydrogens is 417 g/mol. The maximum Gasteiger partial charge on any atom is 0.263 e. The number of anilines is 2. The Morgan fingerprint density at radius 2 is 1.83 bits per heavy atom. The van der Waals surface area contributed by atoms with Gasteiger partial charge in [0.05, 0.1) is 16.4 Å². The zero-order valence-corrected chi connectivity index (χ0v) is 16.7. The molecule has 0 radical (unpaired) electrons. The van der Waals surface area contributed by atoms with E-state index in [1.807, 2.05) is 19.1 Å². The molecule has 0 unspecified atom stereocenters. The number of nitrogens with zero attached hydrogens (tertiary/aromatic N) is 4. The van der Waals surface area contributed by atoms with Crippen molar-refractivity contribution >= 4 is 52.3 Å². The number of aryl methyl sites for hydroxylation is 1. The van der Waals surface area contributed by atoms with Crippen molar-refractivity contribution in [3.05, 3.63) is 58.1 Å². The van der Waals surface area contributed by atoms with Crippen molar-refractivity contribution in [1.82, 2.24) is 5.01 Å². The van der Waals surface area contributed by atoms with Crippen LogP contribution in [0.1, 0.15) is 5.56 Å². The summed E-state index contributed by atoms with van der Waals surface area (Å²) in [6.07, 6.45) is 0. The molecule has 0 aromatic heterocycles. The highest BCUT2D eigenvalue weighted by molar-refractivity contribution is 6.36. The van der Waals surface area contributed by atoms with E-state index in [4.69, 9.17) is 23.2 Å². The van der Waals surface area contributed by atoms with E-state index in [0.717, 1.165) is 10.5 Å². The lowest BCUT2D eigenvalue weighted by Crippen LogP contribution is -2.43. The number of rotatable bonds is 4. The summed E-state index contributed by atoms with van der Waals surface area (Å²) in [7, 11) is 0. The minimum absolute atomic E-state index is 0.260. The van der Waals surface area contributed by atoms with Crippen molar-refractivity contribution in [3.63, 3.8) is 0 Å². The van der Waals surface area contributed by atoms with Crippen LogP contribution in [0.4, 0.5) is 11.4 Å². The summed E-state index contributed by atoms with van der Waals surface area (Å²) in [5.41, 5.74) is 1.85. The molecule has 2 heterocycles. The van der Waals surface area contributed by atoms with Gasteiger partial charge in [-0.15, -0.1) is 0 Å². The molecule has 10 heteroatoms. The maximum atomic E-state index is 12.9. The number of benzene rings is 2. The van der Waals surface area contributed by atoms with Gasteiger partial charge in [0.25, 0.3) is 11.8 Å². The van der Waals surface area contributed by atoms with Gasteiger partial charge in [0.15, 0.2) is 12.1 Å². The van der Waals surface area contributed by atoms with Crippen LogP contribution in [-0.2, 0) is 14.4 Å². The first-order valence-electron chi connectivity index (χ1n) is 8.72. The molecule has 3 amide bonds. The highest BCUT2D eigenvalue weighted by atomic mass is 35.5. The van der Waals surface area contributed by atoms with Crippen molar-refractivity contribution in [1.29, 1.82) is 0 Å². The van der Waals surface area contributed by atoms with Crippen LogP contribution < -0.4 is 10.2 Å². The average Bonchev–Trinajstić information content (AvgIpc) is 3.19. The van der Waals surface area contributed by atoms with Crippen molar-refractivity contribution in [2.75, 3.05) is 16.8 Å². The highest BCUT2D eigenvalue weighted by Crippen LogP contribution is 2.32. The largest absolute Gasteiger partial charge is 0.323 e. The summed E-state index contributed by atoms with van der Waals surface area (Å²) in [5.74, 6) is -1.38. The summed E-state index contributed by atoms with van der Waals surface area (Å²) in [6.45, 7) is 1.65. The van der Waals surface area contributed by atoms with E-state index >= 15 is 0 Å². The topological polar surface area (TPSA) is 94.4 Å². The summed E-state index contributed by atoms with van der Waals surface area (Å²) in [4.78, 5) is 39.1. The van der Waals surface area contributed by atoms with Gasteiger partial charge in [0, 0.05) is 5.02 Å². The SMILES string of the molecule is Cc1ccc(N2C(=O)[C@@H]3N=NN(CC(=O)Nc4ccc(Cl)cc4Cl)[C@H]3C2=O)cc1. The number of carbonyl (C=O) groups excluding carboxylic acids is 3. The molecule has 29 heavy (non-hydrogen) atoms. The monoisotopic (exact) mass is 431 g/mol. The first-order chi connectivity index (χ1) is 13.8. The van der Waals surface area contributed by atoms with E-state index < -0.39 is 29.8 Å². The smallest absolute Gasteiger partial charge is 0.263 e. The Morgan fingerprint density at radius 3 is 2.52 bits per heavy atom. The average molecular weight is 432 g/mol. The molecule has 0 saturated carbocycles. The van der Waals surface area contributed by atoms with Crippen LogP contribution in [0.3, 0.4) is 0 Å². The molecule has 2 aliphatic rings. The summed E-state index contributed by atoms with van der Waals surface area (Å²) < 4.78 is 0. The fourth-order valence-corrected chi connectivity index (χ4v) is 3.69. The van der Waals surface area contributed by atoms with Crippen LogP contribution in [0.15, 0.2) is 52.8 Å². The molecule has 2 aliphatic heterocycles. The normalized spacial score (nSPS) is 20.4. The number of hydrogen-bond acceptors (Lipinski definition) is 6. The van der Waals surface area contributed by atoms with E-state index in [-0.39, 0.29) is 11.6 Å². The molecule has 0 aliphatic carbocycles. The van der Waals surface area contributed by atoms with Crippen molar-refractivity contribution < 1.29 is 14.4 Å². The van der Waals surface area contributed by atoms with Gasteiger partial charge < -0.3 is 5.32 Å². The minimum atomic E-state index is -0.962. The third-order valence-corrected chi connectivity index (χ3v) is 5.21. The second-order valence-electron chi connectivity index (χ2n) is 6.71. The van der Waals surface area contributed by atoms with E-state index in [1.54, 1.807) is 24.3 Å². The first-order valence-corrected chi connectivity index (χ1v) is 9.47. The third-order valence-electron chi connectivity index (χ3n) is 4.66. The van der Waals surface area contributed by atoms with Gasteiger partial charge in [-0.2, -0.15) is 5.11 Å². The van der Waals surface area contributed by atoms with Crippen molar-refractivity contribution in [2.45, 2.75) is 19.0 Å². The van der Waals surface area contributed by atoms with Gasteiger partial charge >= 0.3 is 0 Å². The van der Waals surface area contributed by atoms with E-state index in [9.17, 15) is 14.4 Å². The molecule has 2 aromatic carbocycles. The molecule has 8 nitrogen and oxygen atoms in total. The van der Waals surface area contributed by atoms with Gasteiger partial charge in [0.1, 0.15) is 6.54 Å². The number of hydrogen-bond donors (Lipinski definition) is 1. The van der Waals surface area contributed by atoms with Crippen molar-refractivity contribution in [2.24, 2.45) is 10.3 Å². The Kier molecular flexibility index (Phi) is 4.97. The van der Waals surface area contributed by atoms with Crippen LogP contribution in [0.5, 0.6) is 0 Å². The van der Waals surface area contributed by atoms with E-state index in [0.29, 0.717) is 16.4 Å². The van der Waals surface area contributed by atoms with Crippen LogP contribution in [-0.4, -0.2) is 41.4 Å². The summed E-state index contributed by atoms with van der Waals surface area (Å²) >= 11 is 11.9. The quantitative estimate of drug-likeness (QED) is 0.751. The predicted molar refractivity (Wildman–Crippen MR) is 108 cm³/mol. The fourth-order valence-electron chi connectivity index (χ4n) is 3.23. The maximum absolute atomic E-state index is 12.9. The van der Waals surface area contributed by atoms with Crippen molar-refractivity contribution in [3.8, 4) is 0 Å². The lowest BCUT2D eigenvalue weighted by molar-refractivity contribution is -0.123. The van der Waals surface area contributed by atoms with Crippen LogP contribution >= 0.6 is 23.2 Å². The highest BCUT2D eigenvalue weighted by Gasteiger charge is 2.55. The second kappa shape index (κ2) is 7.46. The summed E-state index contributed by atoms with van der Waals surface area (Å²) in [5, 5.41) is 12.3. The molecule has 2 atom stereocenters. The Morgan fingerprint density at radius 1 is 1.10 bits per heavy atom. The molecule has 2 aromatic rings. The Bertz CT molecular complexity index is 1040. The Labute approximate surface area is 176 Å². The molecule has 4 rings (SSSR count). The van der Waals surface area contributed by atoms with Crippen LogP contribution in [0, 0.1) is 6.92 Å². The number of imide groups is 1. The Hall–Kier alpha value is -2.97. The fraction of sp³-hybridized carbons (Fsp3) is 0.211. The molecular formula is C19H15Cl2N5O3. The van der Waals surface area contributed by atoms with Gasteiger partial charge in [-0.3, -0.25) is 19.4 Å². The van der Waals surface area contributed by atoms with E-state index in [2.05, 4.69) is 15.7 Å². The Balaban J connectivity index is 1.49. The number of carbonyl (C=O) groups is 3. The second-order valence-corrected chi connectivity index (χ2v) is 7.56. The first kappa shape index (κ1) is 19.4. The minimum Gasteiger partial charge on any atom is -0.323 e. The third kappa shape index (κ3) is 3.56. The zero-order chi connectivity index (χ0) is 20.7. The van der Waals surface area contributed by atoms with Gasteiger partial charge in [-0.25, -0.2) is 4.90 Å². The van der Waals surface area contributed by atoms with Gasteiger partial charge in [-0.05, 0) is 37.3 Å². The molecule has 1 fully saturated rings.